The van der Waals surface area contributed by atoms with Crippen LogP contribution in [0.3, 0.4) is 0 Å². The van der Waals surface area contributed by atoms with E-state index in [0.29, 0.717) is 0 Å². The summed E-state index contributed by atoms with van der Waals surface area (Å²) in [5.41, 5.74) is 3.43. The van der Waals surface area contributed by atoms with Crippen LogP contribution in [0.4, 0.5) is 0 Å². The number of nitrogens with zero attached hydrogens (tertiary/aromatic N) is 4. The summed E-state index contributed by atoms with van der Waals surface area (Å²) in [7, 11) is 3.30. The fourth-order valence-corrected chi connectivity index (χ4v) is 3.94. The molecule has 2 heterocycles. The zero-order chi connectivity index (χ0) is 14.6. The van der Waals surface area contributed by atoms with Crippen molar-refractivity contribution in [1.29, 1.82) is 0 Å². The maximum atomic E-state index is 5.40. The Morgan fingerprint density at radius 3 is 2.71 bits per heavy atom. The summed E-state index contributed by atoms with van der Waals surface area (Å²) in [6.45, 7) is 1.91. The number of ether oxygens (including phenoxy) is 2. The molecule has 0 amide bonds. The van der Waals surface area contributed by atoms with Crippen LogP contribution < -0.4 is 9.47 Å². The summed E-state index contributed by atoms with van der Waals surface area (Å²) in [6, 6.07) is 4.06. The lowest BCUT2D eigenvalue weighted by Gasteiger charge is -2.16. The Morgan fingerprint density at radius 2 is 1.95 bits per heavy atom. The Bertz CT molecular complexity index is 769. The fourth-order valence-electron chi connectivity index (χ4n) is 2.78. The molecule has 0 saturated heterocycles. The molecule has 0 spiro atoms. The summed E-state index contributed by atoms with van der Waals surface area (Å²) in [4.78, 5) is 0. The molecule has 0 saturated carbocycles. The number of benzene rings is 1. The average molecular weight is 302 g/mol. The molecule has 21 heavy (non-hydrogen) atoms. The second-order valence-corrected chi connectivity index (χ2v) is 6.17. The molecule has 108 valence electrons. The highest BCUT2D eigenvalue weighted by Gasteiger charge is 2.35. The van der Waals surface area contributed by atoms with Gasteiger partial charge in [-0.3, -0.25) is 0 Å². The molecular formula is C14H14N4O2S. The number of fused-ring (bicyclic) bond motifs is 4. The van der Waals surface area contributed by atoms with Gasteiger partial charge >= 0.3 is 0 Å². The zero-order valence-corrected chi connectivity index (χ0v) is 12.8. The number of hydrogen-bond acceptors (Lipinski definition) is 6. The van der Waals surface area contributed by atoms with Crippen LogP contribution in [0.1, 0.15) is 17.0 Å². The molecule has 2 aliphatic rings. The van der Waals surface area contributed by atoms with Gasteiger partial charge in [0.1, 0.15) is 0 Å². The molecule has 0 radical (unpaired) electrons. The van der Waals surface area contributed by atoms with E-state index in [1.807, 2.05) is 23.7 Å². The van der Waals surface area contributed by atoms with Crippen molar-refractivity contribution in [1.82, 2.24) is 14.9 Å². The van der Waals surface area contributed by atoms with Crippen molar-refractivity contribution in [2.24, 2.45) is 5.10 Å². The molecule has 1 atom stereocenters. The van der Waals surface area contributed by atoms with Crippen molar-refractivity contribution < 1.29 is 9.47 Å². The smallest absolute Gasteiger partial charge is 0.212 e. The Labute approximate surface area is 126 Å². The van der Waals surface area contributed by atoms with Crippen LogP contribution in [-0.4, -0.2) is 40.1 Å². The minimum absolute atomic E-state index is 0.285. The molecule has 1 aromatic carbocycles. The second-order valence-electron chi connectivity index (χ2n) is 5.00. The highest BCUT2D eigenvalue weighted by molar-refractivity contribution is 8.00. The van der Waals surface area contributed by atoms with Crippen LogP contribution in [0.15, 0.2) is 22.4 Å². The quantitative estimate of drug-likeness (QED) is 0.847. The third kappa shape index (κ3) is 1.77. The van der Waals surface area contributed by atoms with Crippen LogP contribution in [0, 0.1) is 6.92 Å². The number of rotatable bonds is 2. The van der Waals surface area contributed by atoms with Crippen LogP contribution in [-0.2, 0) is 6.42 Å². The highest BCUT2D eigenvalue weighted by atomic mass is 32.2. The predicted molar refractivity (Wildman–Crippen MR) is 79.6 cm³/mol. The van der Waals surface area contributed by atoms with Crippen molar-refractivity contribution in [3.8, 4) is 11.5 Å². The molecule has 2 aromatic rings. The molecule has 0 bridgehead atoms. The van der Waals surface area contributed by atoms with Gasteiger partial charge < -0.3 is 9.47 Å². The minimum Gasteiger partial charge on any atom is -0.493 e. The van der Waals surface area contributed by atoms with Crippen LogP contribution in [0.5, 0.6) is 11.5 Å². The maximum absolute atomic E-state index is 5.40. The van der Waals surface area contributed by atoms with Gasteiger partial charge in [-0.05, 0) is 31.0 Å². The van der Waals surface area contributed by atoms with E-state index in [0.717, 1.165) is 40.2 Å². The average Bonchev–Trinajstić information content (AvgIpc) is 3.04. The zero-order valence-electron chi connectivity index (χ0n) is 12.0. The molecular weight excluding hydrogens is 288 g/mol. The standard InChI is InChI=1S/C14H14N4O2S/c1-7-15-16-14-18(7)17-13-9-6-11(20-3)10(19-2)4-8(9)5-12(13)21-14/h4,6,12H,5H2,1-3H3. The molecule has 7 heteroatoms. The maximum Gasteiger partial charge on any atom is 0.212 e. The van der Waals surface area contributed by atoms with Gasteiger partial charge in [0.05, 0.1) is 25.2 Å². The monoisotopic (exact) mass is 302 g/mol. The van der Waals surface area contributed by atoms with Crippen molar-refractivity contribution in [2.75, 3.05) is 14.2 Å². The van der Waals surface area contributed by atoms with Gasteiger partial charge in [-0.15, -0.1) is 10.2 Å². The van der Waals surface area contributed by atoms with E-state index < -0.39 is 0 Å². The lowest BCUT2D eigenvalue weighted by atomic mass is 10.1. The molecule has 0 fully saturated rings. The van der Waals surface area contributed by atoms with E-state index in [9.17, 15) is 0 Å². The SMILES string of the molecule is COc1cc2c(cc1OC)C1=Nn3c(C)nnc3SC1C2. The molecule has 4 rings (SSSR count). The van der Waals surface area contributed by atoms with E-state index in [1.54, 1.807) is 26.0 Å². The number of aromatic nitrogens is 3. The Morgan fingerprint density at radius 1 is 1.19 bits per heavy atom. The number of methoxy groups -OCH3 is 2. The van der Waals surface area contributed by atoms with Gasteiger partial charge in [-0.2, -0.15) is 9.78 Å². The molecule has 6 nitrogen and oxygen atoms in total. The van der Waals surface area contributed by atoms with E-state index in [-0.39, 0.29) is 5.25 Å². The van der Waals surface area contributed by atoms with Crippen LogP contribution in [0.25, 0.3) is 0 Å². The molecule has 1 aliphatic heterocycles. The van der Waals surface area contributed by atoms with Crippen LogP contribution >= 0.6 is 11.8 Å². The van der Waals surface area contributed by atoms with Gasteiger partial charge in [0.15, 0.2) is 17.3 Å². The van der Waals surface area contributed by atoms with E-state index in [4.69, 9.17) is 14.6 Å². The Balaban J connectivity index is 1.87. The summed E-state index contributed by atoms with van der Waals surface area (Å²) >= 11 is 1.71. The van der Waals surface area contributed by atoms with Gasteiger partial charge in [0.25, 0.3) is 0 Å². The van der Waals surface area contributed by atoms with Crippen molar-refractivity contribution in [3.63, 3.8) is 0 Å². The molecule has 0 N–H and O–H groups in total. The van der Waals surface area contributed by atoms with E-state index in [2.05, 4.69) is 10.2 Å². The second kappa shape index (κ2) is 4.49. The largest absolute Gasteiger partial charge is 0.493 e. The lowest BCUT2D eigenvalue weighted by molar-refractivity contribution is 0.354. The first-order valence-electron chi connectivity index (χ1n) is 6.64. The topological polar surface area (TPSA) is 61.5 Å². The minimum atomic E-state index is 0.285. The Hall–Kier alpha value is -2.02. The summed E-state index contributed by atoms with van der Waals surface area (Å²) in [6.07, 6.45) is 0.922. The first-order valence-corrected chi connectivity index (χ1v) is 7.52. The Kier molecular flexibility index (Phi) is 2.72. The number of aryl methyl sites for hydroxylation is 1. The molecule has 1 aliphatic carbocycles. The van der Waals surface area contributed by atoms with Gasteiger partial charge in [0.2, 0.25) is 5.16 Å². The van der Waals surface area contributed by atoms with Crippen molar-refractivity contribution >= 4 is 17.5 Å². The summed E-state index contributed by atoms with van der Waals surface area (Å²) in [5.74, 6) is 2.30. The van der Waals surface area contributed by atoms with Crippen LogP contribution in [0.2, 0.25) is 0 Å². The summed E-state index contributed by atoms with van der Waals surface area (Å²) in [5, 5.41) is 14.1. The lowest BCUT2D eigenvalue weighted by Crippen LogP contribution is -2.20. The van der Waals surface area contributed by atoms with E-state index >= 15 is 0 Å². The predicted octanol–water partition coefficient (Wildman–Crippen LogP) is 1.89. The van der Waals surface area contributed by atoms with Gasteiger partial charge in [-0.25, -0.2) is 0 Å². The number of thioether (sulfide) groups is 1. The van der Waals surface area contributed by atoms with Gasteiger partial charge in [0, 0.05) is 5.56 Å². The normalized spacial score (nSPS) is 18.6. The molecule has 1 aromatic heterocycles. The van der Waals surface area contributed by atoms with Crippen molar-refractivity contribution in [3.05, 3.63) is 29.1 Å². The fraction of sp³-hybridized carbons (Fsp3) is 0.357. The third-order valence-electron chi connectivity index (χ3n) is 3.82. The van der Waals surface area contributed by atoms with Crippen molar-refractivity contribution in [2.45, 2.75) is 23.8 Å². The summed E-state index contributed by atoms with van der Waals surface area (Å²) < 4.78 is 12.6. The van der Waals surface area contributed by atoms with Gasteiger partial charge in [-0.1, -0.05) is 11.8 Å². The molecule has 1 unspecified atom stereocenters. The first kappa shape index (κ1) is 12.7. The first-order chi connectivity index (χ1) is 10.2. The number of hydrogen-bond donors (Lipinski definition) is 0. The highest BCUT2D eigenvalue weighted by Crippen LogP contribution is 2.41. The van der Waals surface area contributed by atoms with E-state index in [1.165, 1.54) is 5.56 Å². The third-order valence-corrected chi connectivity index (χ3v) is 4.96.